The molecule has 0 aromatic heterocycles. The lowest BCUT2D eigenvalue weighted by Crippen LogP contribution is -2.33. The molecule has 0 atom stereocenters. The average Bonchev–Trinajstić information content (AvgIpc) is 1.62. The monoisotopic (exact) mass is 161 g/mol. The minimum atomic E-state index is -0.233. The van der Waals surface area contributed by atoms with Crippen LogP contribution in [0.2, 0.25) is 0 Å². The Labute approximate surface area is 67.6 Å². The quantitative estimate of drug-likeness (QED) is 0.446. The third kappa shape index (κ3) is 3.66. The molecular formula is C7H19NOSi. The van der Waals surface area contributed by atoms with Gasteiger partial charge in [-0.2, -0.15) is 0 Å². The number of carbonyl (C=O) groups is 1. The third-order valence-corrected chi connectivity index (χ3v) is 1.05. The normalized spacial score (nSPS) is 10.1. The van der Waals surface area contributed by atoms with Crippen molar-refractivity contribution in [3.63, 3.8) is 0 Å². The van der Waals surface area contributed by atoms with Crippen LogP contribution in [-0.2, 0) is 4.79 Å². The molecule has 0 aliphatic carbocycles. The lowest BCUT2D eigenvalue weighted by Gasteiger charge is -2.21. The van der Waals surface area contributed by atoms with Crippen molar-refractivity contribution in [3.05, 3.63) is 0 Å². The zero-order valence-corrected chi connectivity index (χ0v) is 6.86. The van der Waals surface area contributed by atoms with Gasteiger partial charge in [-0.15, -0.1) is 0 Å². The fourth-order valence-electron chi connectivity index (χ4n) is 0.671. The molecule has 0 saturated heterocycles. The van der Waals surface area contributed by atoms with Crippen LogP contribution >= 0.6 is 0 Å². The van der Waals surface area contributed by atoms with Crippen LogP contribution in [0, 0.1) is 5.41 Å². The number of carbonyl (C=O) groups excluding carboxylic acids is 1. The standard InChI is InChI=1S/C7H15NO.H4Si/c1-7(2,3)6(9)8(4)5;/h1-5H3;1H4. The van der Waals surface area contributed by atoms with Gasteiger partial charge in [0.05, 0.1) is 0 Å². The molecular weight excluding hydrogens is 142 g/mol. The molecule has 0 heterocycles. The van der Waals surface area contributed by atoms with Gasteiger partial charge in [0.15, 0.2) is 0 Å². The highest BCUT2D eigenvalue weighted by Crippen LogP contribution is 2.14. The highest BCUT2D eigenvalue weighted by molar-refractivity contribution is 5.80. The third-order valence-electron chi connectivity index (χ3n) is 1.05. The van der Waals surface area contributed by atoms with Crippen LogP contribution in [0.25, 0.3) is 0 Å². The Balaban J connectivity index is 0. The Kier molecular flexibility index (Phi) is 4.65. The Morgan fingerprint density at radius 1 is 1.20 bits per heavy atom. The average molecular weight is 161 g/mol. The van der Waals surface area contributed by atoms with Crippen molar-refractivity contribution in [1.82, 2.24) is 4.90 Å². The molecule has 10 heavy (non-hydrogen) atoms. The molecule has 1 amide bonds. The van der Waals surface area contributed by atoms with E-state index in [1.165, 1.54) is 0 Å². The van der Waals surface area contributed by atoms with Crippen LogP contribution in [0.5, 0.6) is 0 Å². The summed E-state index contributed by atoms with van der Waals surface area (Å²) in [6, 6.07) is 0. The summed E-state index contributed by atoms with van der Waals surface area (Å²) in [6.07, 6.45) is 0. The summed E-state index contributed by atoms with van der Waals surface area (Å²) < 4.78 is 0. The molecule has 0 aromatic rings. The SMILES string of the molecule is CN(C)C(=O)C(C)(C)C.[SiH4]. The van der Waals surface area contributed by atoms with Gasteiger partial charge in [0.25, 0.3) is 0 Å². The minimum Gasteiger partial charge on any atom is -0.348 e. The van der Waals surface area contributed by atoms with Gasteiger partial charge in [0, 0.05) is 19.5 Å². The number of nitrogens with zero attached hydrogens (tertiary/aromatic N) is 1. The highest BCUT2D eigenvalue weighted by Gasteiger charge is 2.22. The molecule has 2 nitrogen and oxygen atoms in total. The summed E-state index contributed by atoms with van der Waals surface area (Å²) in [5, 5.41) is 0. The van der Waals surface area contributed by atoms with Gasteiger partial charge < -0.3 is 4.90 Å². The Bertz CT molecular complexity index is 115. The van der Waals surface area contributed by atoms with Crippen molar-refractivity contribution >= 4 is 16.9 Å². The fourth-order valence-corrected chi connectivity index (χ4v) is 0.671. The van der Waals surface area contributed by atoms with E-state index in [2.05, 4.69) is 0 Å². The molecule has 0 N–H and O–H groups in total. The number of hydrogen-bond donors (Lipinski definition) is 0. The first-order valence-corrected chi connectivity index (χ1v) is 3.07. The maximum atomic E-state index is 11.1. The van der Waals surface area contributed by atoms with Crippen molar-refractivity contribution in [2.45, 2.75) is 20.8 Å². The van der Waals surface area contributed by atoms with Crippen molar-refractivity contribution in [1.29, 1.82) is 0 Å². The van der Waals surface area contributed by atoms with Gasteiger partial charge in [-0.05, 0) is 11.0 Å². The van der Waals surface area contributed by atoms with E-state index in [-0.39, 0.29) is 22.3 Å². The zero-order chi connectivity index (χ0) is 7.65. The Hall–Kier alpha value is -0.313. The lowest BCUT2D eigenvalue weighted by molar-refractivity contribution is -0.136. The van der Waals surface area contributed by atoms with Crippen LogP contribution in [-0.4, -0.2) is 35.9 Å². The predicted octanol–water partition coefficient (Wildman–Crippen LogP) is -0.331. The number of rotatable bonds is 0. The second kappa shape index (κ2) is 3.76. The van der Waals surface area contributed by atoms with Gasteiger partial charge in [-0.25, -0.2) is 0 Å². The van der Waals surface area contributed by atoms with Gasteiger partial charge in [0.1, 0.15) is 0 Å². The van der Waals surface area contributed by atoms with Crippen molar-refractivity contribution in [3.8, 4) is 0 Å². The van der Waals surface area contributed by atoms with E-state index >= 15 is 0 Å². The van der Waals surface area contributed by atoms with Gasteiger partial charge >= 0.3 is 0 Å². The summed E-state index contributed by atoms with van der Waals surface area (Å²) in [4.78, 5) is 12.7. The number of amides is 1. The molecule has 0 aliphatic heterocycles. The first-order valence-electron chi connectivity index (χ1n) is 3.07. The molecule has 0 radical (unpaired) electrons. The van der Waals surface area contributed by atoms with E-state index in [1.807, 2.05) is 20.8 Å². The molecule has 0 spiro atoms. The second-order valence-corrected chi connectivity index (χ2v) is 3.45. The predicted molar refractivity (Wildman–Crippen MR) is 49.5 cm³/mol. The summed E-state index contributed by atoms with van der Waals surface area (Å²) in [6.45, 7) is 5.74. The molecule has 3 heteroatoms. The topological polar surface area (TPSA) is 20.3 Å². The fraction of sp³-hybridized carbons (Fsp3) is 0.857. The van der Waals surface area contributed by atoms with Gasteiger partial charge in [0.2, 0.25) is 5.91 Å². The molecule has 0 rings (SSSR count). The van der Waals surface area contributed by atoms with E-state index in [9.17, 15) is 4.79 Å². The maximum Gasteiger partial charge on any atom is 0.227 e. The zero-order valence-electron chi connectivity index (χ0n) is 6.86. The van der Waals surface area contributed by atoms with Crippen LogP contribution < -0.4 is 0 Å². The van der Waals surface area contributed by atoms with E-state index in [0.29, 0.717) is 0 Å². The Morgan fingerprint density at radius 3 is 1.50 bits per heavy atom. The smallest absolute Gasteiger partial charge is 0.227 e. The summed E-state index contributed by atoms with van der Waals surface area (Å²) in [5.41, 5.74) is -0.233. The summed E-state index contributed by atoms with van der Waals surface area (Å²) in [5.74, 6) is 0.169. The van der Waals surface area contributed by atoms with Crippen LogP contribution in [0.1, 0.15) is 20.8 Å². The van der Waals surface area contributed by atoms with Crippen molar-refractivity contribution < 1.29 is 4.79 Å². The van der Waals surface area contributed by atoms with E-state index < -0.39 is 0 Å². The highest BCUT2D eigenvalue weighted by atomic mass is 28.1. The minimum absolute atomic E-state index is 0. The molecule has 0 aromatic carbocycles. The van der Waals surface area contributed by atoms with E-state index in [1.54, 1.807) is 19.0 Å². The number of hydrogen-bond acceptors (Lipinski definition) is 1. The van der Waals surface area contributed by atoms with Crippen molar-refractivity contribution in [2.75, 3.05) is 14.1 Å². The van der Waals surface area contributed by atoms with Gasteiger partial charge in [-0.3, -0.25) is 4.79 Å². The molecule has 0 unspecified atom stereocenters. The van der Waals surface area contributed by atoms with E-state index in [0.717, 1.165) is 0 Å². The van der Waals surface area contributed by atoms with Crippen molar-refractivity contribution in [2.24, 2.45) is 5.41 Å². The maximum absolute atomic E-state index is 11.1. The Morgan fingerprint density at radius 2 is 1.50 bits per heavy atom. The van der Waals surface area contributed by atoms with Gasteiger partial charge in [-0.1, -0.05) is 20.8 Å². The first kappa shape index (κ1) is 12.4. The largest absolute Gasteiger partial charge is 0.348 e. The van der Waals surface area contributed by atoms with Crippen LogP contribution in [0.15, 0.2) is 0 Å². The molecule has 0 fully saturated rings. The molecule has 0 saturated carbocycles. The molecule has 0 bridgehead atoms. The lowest BCUT2D eigenvalue weighted by atomic mass is 9.95. The molecule has 62 valence electrons. The van der Waals surface area contributed by atoms with Crippen LogP contribution in [0.3, 0.4) is 0 Å². The second-order valence-electron chi connectivity index (χ2n) is 3.45. The van der Waals surface area contributed by atoms with Crippen LogP contribution in [0.4, 0.5) is 0 Å². The first-order chi connectivity index (χ1) is 3.85. The summed E-state index contributed by atoms with van der Waals surface area (Å²) in [7, 11) is 3.54. The summed E-state index contributed by atoms with van der Waals surface area (Å²) >= 11 is 0. The van der Waals surface area contributed by atoms with E-state index in [4.69, 9.17) is 0 Å². The molecule has 0 aliphatic rings.